The predicted molar refractivity (Wildman–Crippen MR) is 85.1 cm³/mol. The standard InChI is InChI=1S/C17H12ClFN2O2/c1-10(15(22)12-7-8-13(18)14(19)9-12)17-20-16(21-23-17)11-5-3-2-4-6-11/h2-9,15,22H,1H2. The number of benzene rings is 2. The topological polar surface area (TPSA) is 59.2 Å². The summed E-state index contributed by atoms with van der Waals surface area (Å²) in [4.78, 5) is 4.21. The van der Waals surface area contributed by atoms with Crippen LogP contribution in [0.3, 0.4) is 0 Å². The van der Waals surface area contributed by atoms with Gasteiger partial charge in [0, 0.05) is 11.1 Å². The minimum Gasteiger partial charge on any atom is -0.383 e. The maximum absolute atomic E-state index is 13.5. The summed E-state index contributed by atoms with van der Waals surface area (Å²) < 4.78 is 18.6. The summed E-state index contributed by atoms with van der Waals surface area (Å²) in [5.41, 5.74) is 1.26. The van der Waals surface area contributed by atoms with Crippen molar-refractivity contribution >= 4 is 17.2 Å². The zero-order chi connectivity index (χ0) is 16.4. The van der Waals surface area contributed by atoms with E-state index in [4.69, 9.17) is 16.1 Å². The first-order chi connectivity index (χ1) is 11.1. The van der Waals surface area contributed by atoms with Gasteiger partial charge < -0.3 is 9.63 Å². The quantitative estimate of drug-likeness (QED) is 0.775. The Kier molecular flexibility index (Phi) is 4.23. The van der Waals surface area contributed by atoms with Crippen molar-refractivity contribution in [1.82, 2.24) is 10.1 Å². The fourth-order valence-electron chi connectivity index (χ4n) is 2.06. The number of hydrogen-bond donors (Lipinski definition) is 1. The molecule has 0 bridgehead atoms. The first-order valence-corrected chi connectivity index (χ1v) is 7.15. The third-order valence-electron chi connectivity index (χ3n) is 3.32. The van der Waals surface area contributed by atoms with Crippen LogP contribution in [0.2, 0.25) is 5.02 Å². The van der Waals surface area contributed by atoms with Gasteiger partial charge in [-0.15, -0.1) is 0 Å². The van der Waals surface area contributed by atoms with Crippen molar-refractivity contribution < 1.29 is 14.0 Å². The monoisotopic (exact) mass is 330 g/mol. The lowest BCUT2D eigenvalue weighted by molar-refractivity contribution is 0.232. The molecule has 116 valence electrons. The predicted octanol–water partition coefficient (Wildman–Crippen LogP) is 4.28. The number of aromatic nitrogens is 2. The highest BCUT2D eigenvalue weighted by Crippen LogP contribution is 2.30. The highest BCUT2D eigenvalue weighted by Gasteiger charge is 2.20. The number of aliphatic hydroxyl groups excluding tert-OH is 1. The largest absolute Gasteiger partial charge is 0.383 e. The minimum absolute atomic E-state index is 0.0179. The van der Waals surface area contributed by atoms with E-state index in [0.717, 1.165) is 11.6 Å². The van der Waals surface area contributed by atoms with Crippen molar-refractivity contribution in [2.45, 2.75) is 6.10 Å². The van der Waals surface area contributed by atoms with Crippen LogP contribution in [0.5, 0.6) is 0 Å². The van der Waals surface area contributed by atoms with Crippen LogP contribution >= 0.6 is 11.6 Å². The van der Waals surface area contributed by atoms with Crippen molar-refractivity contribution in [3.05, 3.63) is 77.4 Å². The molecule has 1 heterocycles. The van der Waals surface area contributed by atoms with E-state index in [-0.39, 0.29) is 16.5 Å². The lowest BCUT2D eigenvalue weighted by Gasteiger charge is -2.11. The van der Waals surface area contributed by atoms with Gasteiger partial charge >= 0.3 is 0 Å². The van der Waals surface area contributed by atoms with Gasteiger partial charge in [0.1, 0.15) is 11.9 Å². The van der Waals surface area contributed by atoms with E-state index >= 15 is 0 Å². The van der Waals surface area contributed by atoms with Gasteiger partial charge in [-0.25, -0.2) is 4.39 Å². The van der Waals surface area contributed by atoms with Gasteiger partial charge in [-0.2, -0.15) is 4.98 Å². The fourth-order valence-corrected chi connectivity index (χ4v) is 2.18. The Balaban J connectivity index is 1.85. The number of rotatable bonds is 4. The average molecular weight is 331 g/mol. The van der Waals surface area contributed by atoms with Crippen molar-refractivity contribution in [2.24, 2.45) is 0 Å². The first kappa shape index (κ1) is 15.4. The normalized spacial score (nSPS) is 12.1. The Morgan fingerprint density at radius 1 is 1.22 bits per heavy atom. The highest BCUT2D eigenvalue weighted by molar-refractivity contribution is 6.30. The van der Waals surface area contributed by atoms with Crippen LogP contribution in [0.15, 0.2) is 59.6 Å². The Morgan fingerprint density at radius 3 is 2.65 bits per heavy atom. The molecule has 0 fully saturated rings. The number of halogens is 2. The minimum atomic E-state index is -1.18. The van der Waals surface area contributed by atoms with Crippen LogP contribution < -0.4 is 0 Å². The second kappa shape index (κ2) is 6.32. The Hall–Kier alpha value is -2.50. The van der Waals surface area contributed by atoms with Gasteiger partial charge in [0.05, 0.1) is 5.02 Å². The Labute approximate surface area is 136 Å². The number of hydrogen-bond acceptors (Lipinski definition) is 4. The summed E-state index contributed by atoms with van der Waals surface area (Å²) >= 11 is 5.63. The molecule has 0 spiro atoms. The third kappa shape index (κ3) is 3.16. The Bertz CT molecular complexity index is 849. The molecular formula is C17H12ClFN2O2. The summed E-state index contributed by atoms with van der Waals surface area (Å²) in [6.07, 6.45) is -1.18. The van der Waals surface area contributed by atoms with Crippen LogP contribution in [-0.2, 0) is 0 Å². The lowest BCUT2D eigenvalue weighted by Crippen LogP contribution is -2.01. The molecule has 3 aromatic rings. The molecule has 0 amide bonds. The molecule has 4 nitrogen and oxygen atoms in total. The molecule has 3 rings (SSSR count). The van der Waals surface area contributed by atoms with Crippen LogP contribution in [0, 0.1) is 5.82 Å². The number of aliphatic hydroxyl groups is 1. The van der Waals surface area contributed by atoms with Gasteiger partial charge in [-0.3, -0.25) is 0 Å². The summed E-state index contributed by atoms with van der Waals surface area (Å²) in [5, 5.41) is 14.1. The smallest absolute Gasteiger partial charge is 0.256 e. The van der Waals surface area contributed by atoms with E-state index in [1.807, 2.05) is 30.3 Å². The molecule has 0 saturated carbocycles. The maximum atomic E-state index is 13.5. The SMILES string of the molecule is C=C(c1nc(-c2ccccc2)no1)C(O)c1ccc(Cl)c(F)c1. The van der Waals surface area contributed by atoms with Gasteiger partial charge in [0.25, 0.3) is 5.89 Å². The highest BCUT2D eigenvalue weighted by atomic mass is 35.5. The Morgan fingerprint density at radius 2 is 1.96 bits per heavy atom. The van der Waals surface area contributed by atoms with Crippen molar-refractivity contribution in [1.29, 1.82) is 0 Å². The maximum Gasteiger partial charge on any atom is 0.256 e. The lowest BCUT2D eigenvalue weighted by atomic mass is 10.0. The van der Waals surface area contributed by atoms with E-state index in [0.29, 0.717) is 11.4 Å². The molecule has 1 atom stereocenters. The van der Waals surface area contributed by atoms with E-state index in [1.54, 1.807) is 0 Å². The zero-order valence-electron chi connectivity index (χ0n) is 11.9. The molecule has 23 heavy (non-hydrogen) atoms. The van der Waals surface area contributed by atoms with Crippen LogP contribution in [0.1, 0.15) is 17.6 Å². The molecule has 1 unspecified atom stereocenters. The molecular weight excluding hydrogens is 319 g/mol. The van der Waals surface area contributed by atoms with E-state index in [2.05, 4.69) is 16.7 Å². The molecule has 1 aromatic heterocycles. The second-order valence-corrected chi connectivity index (χ2v) is 5.30. The van der Waals surface area contributed by atoms with Crippen LogP contribution in [-0.4, -0.2) is 15.2 Å². The fraction of sp³-hybridized carbons (Fsp3) is 0.0588. The molecule has 6 heteroatoms. The average Bonchev–Trinajstić information content (AvgIpc) is 3.07. The molecule has 0 saturated heterocycles. The summed E-state index contributed by atoms with van der Waals surface area (Å²) in [7, 11) is 0. The van der Waals surface area contributed by atoms with E-state index in [9.17, 15) is 9.50 Å². The molecule has 0 radical (unpaired) electrons. The molecule has 2 aromatic carbocycles. The molecule has 0 aliphatic carbocycles. The zero-order valence-corrected chi connectivity index (χ0v) is 12.7. The molecule has 0 aliphatic rings. The van der Waals surface area contributed by atoms with Crippen molar-refractivity contribution in [2.75, 3.05) is 0 Å². The first-order valence-electron chi connectivity index (χ1n) is 6.77. The van der Waals surface area contributed by atoms with Gasteiger partial charge in [-0.05, 0) is 17.7 Å². The van der Waals surface area contributed by atoms with E-state index < -0.39 is 11.9 Å². The summed E-state index contributed by atoms with van der Waals surface area (Å²) in [6, 6.07) is 13.3. The van der Waals surface area contributed by atoms with Crippen molar-refractivity contribution in [3.63, 3.8) is 0 Å². The van der Waals surface area contributed by atoms with E-state index in [1.165, 1.54) is 12.1 Å². The second-order valence-electron chi connectivity index (χ2n) is 4.89. The molecule has 0 aliphatic heterocycles. The number of nitrogens with zero attached hydrogens (tertiary/aromatic N) is 2. The van der Waals surface area contributed by atoms with Crippen LogP contribution in [0.25, 0.3) is 17.0 Å². The molecule has 1 N–H and O–H groups in total. The van der Waals surface area contributed by atoms with Gasteiger partial charge in [-0.1, -0.05) is 59.7 Å². The summed E-state index contributed by atoms with van der Waals surface area (Å²) in [6.45, 7) is 3.76. The third-order valence-corrected chi connectivity index (χ3v) is 3.63. The van der Waals surface area contributed by atoms with Gasteiger partial charge in [0.15, 0.2) is 0 Å². The van der Waals surface area contributed by atoms with Gasteiger partial charge in [0.2, 0.25) is 5.82 Å². The van der Waals surface area contributed by atoms with Crippen molar-refractivity contribution in [3.8, 4) is 11.4 Å². The summed E-state index contributed by atoms with van der Waals surface area (Å²) in [5.74, 6) is -0.144. The van der Waals surface area contributed by atoms with Crippen LogP contribution in [0.4, 0.5) is 4.39 Å².